The lowest BCUT2D eigenvalue weighted by molar-refractivity contribution is -0.274. The van der Waals surface area contributed by atoms with Crippen LogP contribution in [0.4, 0.5) is 24.7 Å². The first-order valence-corrected chi connectivity index (χ1v) is 10.7. The summed E-state index contributed by atoms with van der Waals surface area (Å²) in [4.78, 5) is 14.7. The number of anilines is 2. The van der Waals surface area contributed by atoms with Crippen molar-refractivity contribution in [2.45, 2.75) is 45.9 Å². The molecule has 0 aliphatic carbocycles. The summed E-state index contributed by atoms with van der Waals surface area (Å²) in [5, 5.41) is 20.3. The van der Waals surface area contributed by atoms with E-state index in [2.05, 4.69) is 15.0 Å². The van der Waals surface area contributed by atoms with Gasteiger partial charge in [0.05, 0.1) is 0 Å². The fraction of sp³-hybridized carbons (Fsp3) is 0.348. The molecule has 0 fully saturated rings. The highest BCUT2D eigenvalue weighted by atomic mass is 35.5. The Morgan fingerprint density at radius 3 is 2.42 bits per heavy atom. The van der Waals surface area contributed by atoms with Gasteiger partial charge in [0.2, 0.25) is 0 Å². The van der Waals surface area contributed by atoms with E-state index in [4.69, 9.17) is 17.0 Å². The highest BCUT2D eigenvalue weighted by molar-refractivity contribution is 6.26. The third-order valence-corrected chi connectivity index (χ3v) is 4.30. The molecule has 10 heteroatoms. The molecule has 1 aromatic carbocycles. The molecule has 0 bridgehead atoms. The zero-order valence-corrected chi connectivity index (χ0v) is 19.1. The van der Waals surface area contributed by atoms with E-state index >= 15 is 0 Å². The Bertz CT molecular complexity index is 933. The first-order chi connectivity index (χ1) is 15.6. The van der Waals surface area contributed by atoms with Gasteiger partial charge in [-0.25, -0.2) is 4.98 Å². The number of pyridine rings is 1. The molecular formula is C23H27ClF3N3O3. The molecule has 6 nitrogen and oxygen atoms in total. The normalized spacial score (nSPS) is 11.0. The fourth-order valence-corrected chi connectivity index (χ4v) is 2.86. The smallest absolute Gasteiger partial charge is 0.406 e. The van der Waals surface area contributed by atoms with Crippen LogP contribution in [0.5, 0.6) is 5.75 Å². The van der Waals surface area contributed by atoms with Gasteiger partial charge in [-0.2, -0.15) is 0 Å². The SMILES string of the molecule is CCC(=N)c1c(CCO)ccnc1Nc1ccc(OC(F)(F)F)cc1.CCCC(=O)/C=C\Cl. The van der Waals surface area contributed by atoms with Crippen LogP contribution in [0.15, 0.2) is 48.1 Å². The van der Waals surface area contributed by atoms with Gasteiger partial charge in [0.25, 0.3) is 0 Å². The lowest BCUT2D eigenvalue weighted by Crippen LogP contribution is -2.17. The molecule has 0 radical (unpaired) electrons. The largest absolute Gasteiger partial charge is 0.573 e. The maximum atomic E-state index is 12.2. The first-order valence-electron chi connectivity index (χ1n) is 10.2. The maximum absolute atomic E-state index is 12.2. The van der Waals surface area contributed by atoms with E-state index < -0.39 is 6.36 Å². The molecule has 1 heterocycles. The minimum atomic E-state index is -4.74. The van der Waals surface area contributed by atoms with Gasteiger partial charge in [-0.15, -0.1) is 13.2 Å². The van der Waals surface area contributed by atoms with E-state index in [0.717, 1.165) is 12.0 Å². The molecule has 3 N–H and O–H groups in total. The molecule has 0 saturated heterocycles. The Morgan fingerprint density at radius 2 is 1.91 bits per heavy atom. The molecule has 0 saturated carbocycles. The number of rotatable bonds is 10. The van der Waals surface area contributed by atoms with Crippen LogP contribution in [0, 0.1) is 5.41 Å². The second-order valence-electron chi connectivity index (χ2n) is 6.71. The number of ether oxygens (including phenoxy) is 1. The zero-order valence-electron chi connectivity index (χ0n) is 18.4. The summed E-state index contributed by atoms with van der Waals surface area (Å²) in [5.74, 6) is 0.200. The Morgan fingerprint density at radius 1 is 1.24 bits per heavy atom. The molecule has 0 atom stereocenters. The number of carbonyl (C=O) groups excluding carboxylic acids is 1. The number of aromatic nitrogens is 1. The summed E-state index contributed by atoms with van der Waals surface area (Å²) in [7, 11) is 0. The number of nitrogens with one attached hydrogen (secondary N) is 2. The zero-order chi connectivity index (χ0) is 24.9. The van der Waals surface area contributed by atoms with Crippen molar-refractivity contribution in [3.05, 3.63) is 59.3 Å². The lowest BCUT2D eigenvalue weighted by Gasteiger charge is -2.15. The van der Waals surface area contributed by atoms with Gasteiger partial charge in [-0.3, -0.25) is 4.79 Å². The van der Waals surface area contributed by atoms with Gasteiger partial charge in [-0.05, 0) is 61.2 Å². The minimum Gasteiger partial charge on any atom is -0.406 e. The van der Waals surface area contributed by atoms with Gasteiger partial charge in [0.1, 0.15) is 11.6 Å². The second kappa shape index (κ2) is 14.3. The Kier molecular flexibility index (Phi) is 12.2. The van der Waals surface area contributed by atoms with Crippen LogP contribution < -0.4 is 10.1 Å². The van der Waals surface area contributed by atoms with E-state index in [-0.39, 0.29) is 18.1 Å². The van der Waals surface area contributed by atoms with E-state index in [1.54, 1.807) is 12.3 Å². The number of aliphatic hydroxyl groups excluding tert-OH is 1. The number of allylic oxidation sites excluding steroid dienone is 1. The molecular weight excluding hydrogens is 459 g/mol. The highest BCUT2D eigenvalue weighted by Gasteiger charge is 2.31. The van der Waals surface area contributed by atoms with E-state index in [1.807, 2.05) is 13.8 Å². The van der Waals surface area contributed by atoms with Crippen molar-refractivity contribution in [2.75, 3.05) is 11.9 Å². The number of hydrogen-bond donors (Lipinski definition) is 3. The summed E-state index contributed by atoms with van der Waals surface area (Å²) >= 11 is 5.13. The molecule has 0 aliphatic heterocycles. The van der Waals surface area contributed by atoms with Gasteiger partial charge in [-0.1, -0.05) is 25.4 Å². The number of hydrogen-bond acceptors (Lipinski definition) is 6. The van der Waals surface area contributed by atoms with Crippen molar-refractivity contribution < 1.29 is 27.8 Å². The van der Waals surface area contributed by atoms with E-state index in [9.17, 15) is 23.1 Å². The van der Waals surface area contributed by atoms with Crippen LogP contribution in [-0.2, 0) is 11.2 Å². The van der Waals surface area contributed by atoms with Crippen molar-refractivity contribution in [3.8, 4) is 5.75 Å². The fourth-order valence-electron chi connectivity index (χ4n) is 2.72. The molecule has 0 unspecified atom stereocenters. The Hall–Kier alpha value is -2.91. The second-order valence-corrected chi connectivity index (χ2v) is 6.96. The summed E-state index contributed by atoms with van der Waals surface area (Å²) < 4.78 is 40.4. The number of aliphatic hydroxyl groups is 1. The van der Waals surface area contributed by atoms with Crippen molar-refractivity contribution in [2.24, 2.45) is 0 Å². The average molecular weight is 486 g/mol. The molecule has 2 rings (SSSR count). The van der Waals surface area contributed by atoms with Gasteiger partial charge >= 0.3 is 6.36 Å². The maximum Gasteiger partial charge on any atom is 0.573 e. The van der Waals surface area contributed by atoms with E-state index in [1.165, 1.54) is 35.9 Å². The average Bonchev–Trinajstić information content (AvgIpc) is 2.75. The minimum absolute atomic E-state index is 0.0586. The van der Waals surface area contributed by atoms with Crippen LogP contribution in [0.25, 0.3) is 0 Å². The molecule has 1 aromatic heterocycles. The lowest BCUT2D eigenvalue weighted by atomic mass is 10.0. The third kappa shape index (κ3) is 10.5. The molecule has 2 aromatic rings. The monoisotopic (exact) mass is 485 g/mol. The Labute approximate surface area is 196 Å². The van der Waals surface area contributed by atoms with Crippen molar-refractivity contribution in [1.82, 2.24) is 4.98 Å². The highest BCUT2D eigenvalue weighted by Crippen LogP contribution is 2.27. The first kappa shape index (κ1) is 28.1. The summed E-state index contributed by atoms with van der Waals surface area (Å²) in [6, 6.07) is 6.99. The van der Waals surface area contributed by atoms with Crippen LogP contribution in [0.1, 0.15) is 44.2 Å². The van der Waals surface area contributed by atoms with Crippen LogP contribution >= 0.6 is 11.6 Å². The van der Waals surface area contributed by atoms with Crippen LogP contribution in [-0.4, -0.2) is 34.6 Å². The van der Waals surface area contributed by atoms with Crippen molar-refractivity contribution >= 4 is 34.6 Å². The number of ketones is 1. The number of benzene rings is 1. The van der Waals surface area contributed by atoms with Crippen LogP contribution in [0.2, 0.25) is 0 Å². The van der Waals surface area contributed by atoms with Gasteiger partial charge in [0, 0.05) is 41.7 Å². The van der Waals surface area contributed by atoms with Gasteiger partial charge < -0.3 is 20.6 Å². The predicted molar refractivity (Wildman–Crippen MR) is 123 cm³/mol. The Balaban J connectivity index is 0.000000582. The third-order valence-electron chi connectivity index (χ3n) is 4.17. The predicted octanol–water partition coefficient (Wildman–Crippen LogP) is 6.14. The number of nitrogens with zero attached hydrogens (tertiary/aromatic N) is 1. The number of halogens is 4. The van der Waals surface area contributed by atoms with Crippen molar-refractivity contribution in [3.63, 3.8) is 0 Å². The molecule has 0 amide bonds. The number of alkyl halides is 3. The quantitative estimate of drug-likeness (QED) is 0.277. The van der Waals surface area contributed by atoms with Crippen molar-refractivity contribution in [1.29, 1.82) is 5.41 Å². The summed E-state index contributed by atoms with van der Waals surface area (Å²) in [5.41, 5.74) is 3.49. The van der Waals surface area contributed by atoms with Gasteiger partial charge in [0.15, 0.2) is 5.78 Å². The topological polar surface area (TPSA) is 95.3 Å². The molecule has 0 spiro atoms. The summed E-state index contributed by atoms with van der Waals surface area (Å²) in [6.45, 7) is 3.74. The molecule has 33 heavy (non-hydrogen) atoms. The molecule has 180 valence electrons. The van der Waals surface area contributed by atoms with E-state index in [0.29, 0.717) is 42.0 Å². The number of carbonyl (C=O) groups is 1. The molecule has 0 aliphatic rings. The van der Waals surface area contributed by atoms with Crippen LogP contribution in [0.3, 0.4) is 0 Å². The summed E-state index contributed by atoms with van der Waals surface area (Å²) in [6.07, 6.45) is 0.554. The standard InChI is InChI=1S/C17H18F3N3O2.C6H9ClO/c1-2-14(21)15-11(8-10-24)7-9-22-16(15)23-12-3-5-13(6-4-12)25-17(18,19)20;1-2-3-6(8)4-5-7/h3-7,9,21,24H,2,8,10H2,1H3,(H,22,23);4-5H,2-3H2,1H3/b;5-4-.